The summed E-state index contributed by atoms with van der Waals surface area (Å²) in [6.07, 6.45) is 12.7. The third kappa shape index (κ3) is 5.54. The molecule has 0 aliphatic heterocycles. The first-order valence-corrected chi connectivity index (χ1v) is 6.94. The molecule has 0 bridgehead atoms. The first kappa shape index (κ1) is 16.4. The van der Waals surface area contributed by atoms with Crippen LogP contribution < -0.4 is 0 Å². The summed E-state index contributed by atoms with van der Waals surface area (Å²) in [5, 5.41) is 10.3. The van der Waals surface area contributed by atoms with Crippen LogP contribution in [0.3, 0.4) is 0 Å². The molecule has 0 saturated heterocycles. The molecule has 99 valence electrons. The number of allylic oxidation sites excluding steroid dienone is 1. The molecular formula is C16H29O. The zero-order valence-electron chi connectivity index (χ0n) is 11.7. The third-order valence-electron chi connectivity index (χ3n) is 3.47. The van der Waals surface area contributed by atoms with Crippen LogP contribution in [0.1, 0.15) is 65.2 Å². The molecule has 0 rings (SSSR count). The van der Waals surface area contributed by atoms with Crippen molar-refractivity contribution in [3.05, 3.63) is 31.4 Å². The Hall–Kier alpha value is -0.560. The Morgan fingerprint density at radius 1 is 1.06 bits per heavy atom. The van der Waals surface area contributed by atoms with Gasteiger partial charge in [0.05, 0.1) is 0 Å². The molecule has 1 N–H and O–H groups in total. The fourth-order valence-electron chi connectivity index (χ4n) is 2.56. The van der Waals surface area contributed by atoms with Crippen molar-refractivity contribution in [2.75, 3.05) is 0 Å². The van der Waals surface area contributed by atoms with E-state index >= 15 is 0 Å². The maximum absolute atomic E-state index is 10.3. The molecule has 0 aromatic rings. The van der Waals surface area contributed by atoms with E-state index in [2.05, 4.69) is 27.0 Å². The quantitative estimate of drug-likeness (QED) is 0.376. The van der Waals surface area contributed by atoms with Crippen molar-refractivity contribution in [2.45, 2.75) is 65.2 Å². The number of aliphatic hydroxyl groups is 1. The smallest absolute Gasteiger partial charge is 0.103 e. The SMILES string of the molecule is C=CC[C](O)C(CC=C)(CCC)CCCCC. The van der Waals surface area contributed by atoms with Gasteiger partial charge in [-0.15, -0.1) is 13.2 Å². The van der Waals surface area contributed by atoms with E-state index in [4.69, 9.17) is 0 Å². The number of unbranched alkanes of at least 4 members (excludes halogenated alkanes) is 2. The second kappa shape index (κ2) is 9.47. The van der Waals surface area contributed by atoms with Crippen LogP contribution in [-0.2, 0) is 0 Å². The Bertz CT molecular complexity index is 210. The van der Waals surface area contributed by atoms with E-state index in [1.807, 2.05) is 6.08 Å². The van der Waals surface area contributed by atoms with Crippen LogP contribution in [-0.4, -0.2) is 5.11 Å². The van der Waals surface area contributed by atoms with E-state index in [0.29, 0.717) is 12.5 Å². The van der Waals surface area contributed by atoms with Crippen LogP contribution in [0.15, 0.2) is 25.3 Å². The summed E-state index contributed by atoms with van der Waals surface area (Å²) in [7, 11) is 0. The van der Waals surface area contributed by atoms with Crippen LogP contribution in [0.4, 0.5) is 0 Å². The fraction of sp³-hybridized carbons (Fsp3) is 0.688. The Balaban J connectivity index is 4.68. The van der Waals surface area contributed by atoms with Gasteiger partial charge in [-0.25, -0.2) is 0 Å². The highest BCUT2D eigenvalue weighted by Gasteiger charge is 2.35. The third-order valence-corrected chi connectivity index (χ3v) is 3.47. The lowest BCUT2D eigenvalue weighted by molar-refractivity contribution is 0.105. The van der Waals surface area contributed by atoms with Gasteiger partial charge < -0.3 is 5.11 Å². The van der Waals surface area contributed by atoms with Crippen molar-refractivity contribution in [1.82, 2.24) is 0 Å². The fourth-order valence-corrected chi connectivity index (χ4v) is 2.56. The van der Waals surface area contributed by atoms with E-state index < -0.39 is 0 Å². The summed E-state index contributed by atoms with van der Waals surface area (Å²) in [4.78, 5) is 0. The predicted octanol–water partition coefficient (Wildman–Crippen LogP) is 5.41. The van der Waals surface area contributed by atoms with Gasteiger partial charge in [-0.1, -0.05) is 51.7 Å². The minimum absolute atomic E-state index is 0.0557. The molecule has 0 aliphatic rings. The van der Waals surface area contributed by atoms with Gasteiger partial charge >= 0.3 is 0 Å². The van der Waals surface area contributed by atoms with E-state index in [0.717, 1.165) is 25.7 Å². The predicted molar refractivity (Wildman–Crippen MR) is 76.3 cm³/mol. The Labute approximate surface area is 108 Å². The molecular weight excluding hydrogens is 208 g/mol. The molecule has 17 heavy (non-hydrogen) atoms. The second-order valence-corrected chi connectivity index (χ2v) is 4.92. The zero-order valence-corrected chi connectivity index (χ0v) is 11.7. The maximum Gasteiger partial charge on any atom is 0.103 e. The van der Waals surface area contributed by atoms with Crippen molar-refractivity contribution >= 4 is 0 Å². The number of hydrogen-bond acceptors (Lipinski definition) is 1. The summed E-state index contributed by atoms with van der Waals surface area (Å²) < 4.78 is 0. The highest BCUT2D eigenvalue weighted by Crippen LogP contribution is 2.43. The standard InChI is InChI=1S/C16H29O/c1-5-9-10-14-16(12-7-3,13-8-4)15(17)11-6-2/h6-7,17H,2-3,5,8-14H2,1,4H3. The summed E-state index contributed by atoms with van der Waals surface area (Å²) in [5.41, 5.74) is -0.0557. The number of hydrogen-bond donors (Lipinski definition) is 1. The average molecular weight is 237 g/mol. The van der Waals surface area contributed by atoms with Gasteiger partial charge in [0, 0.05) is 5.41 Å². The van der Waals surface area contributed by atoms with E-state index in [9.17, 15) is 5.11 Å². The van der Waals surface area contributed by atoms with E-state index in [1.54, 1.807) is 6.08 Å². The Kier molecular flexibility index (Phi) is 9.16. The first-order valence-electron chi connectivity index (χ1n) is 6.94. The van der Waals surface area contributed by atoms with Crippen molar-refractivity contribution < 1.29 is 5.11 Å². The molecule has 0 aliphatic carbocycles. The highest BCUT2D eigenvalue weighted by atomic mass is 16.3. The highest BCUT2D eigenvalue weighted by molar-refractivity contribution is 5.04. The van der Waals surface area contributed by atoms with E-state index in [1.165, 1.54) is 19.3 Å². The molecule has 0 aromatic heterocycles. The largest absolute Gasteiger partial charge is 0.386 e. The van der Waals surface area contributed by atoms with Crippen LogP contribution >= 0.6 is 0 Å². The number of rotatable bonds is 11. The molecule has 1 radical (unpaired) electrons. The number of aliphatic hydroxyl groups excluding tert-OH is 1. The lowest BCUT2D eigenvalue weighted by Crippen LogP contribution is -2.28. The van der Waals surface area contributed by atoms with Crippen LogP contribution in [0, 0.1) is 11.5 Å². The molecule has 0 heterocycles. The summed E-state index contributed by atoms with van der Waals surface area (Å²) >= 11 is 0. The van der Waals surface area contributed by atoms with Gasteiger partial charge in [-0.2, -0.15) is 0 Å². The van der Waals surface area contributed by atoms with Crippen molar-refractivity contribution in [2.24, 2.45) is 5.41 Å². The summed E-state index contributed by atoms with van der Waals surface area (Å²) in [5.74, 6) is 0. The van der Waals surface area contributed by atoms with Crippen LogP contribution in [0.5, 0.6) is 0 Å². The van der Waals surface area contributed by atoms with Gasteiger partial charge in [0.1, 0.15) is 6.10 Å². The van der Waals surface area contributed by atoms with Crippen molar-refractivity contribution in [3.8, 4) is 0 Å². The van der Waals surface area contributed by atoms with Crippen molar-refractivity contribution in [3.63, 3.8) is 0 Å². The normalized spacial score (nSPS) is 14.6. The minimum Gasteiger partial charge on any atom is -0.386 e. The van der Waals surface area contributed by atoms with Gasteiger partial charge in [0.2, 0.25) is 0 Å². The summed E-state index contributed by atoms with van der Waals surface area (Å²) in [6.45, 7) is 12.0. The molecule has 1 unspecified atom stereocenters. The van der Waals surface area contributed by atoms with E-state index in [-0.39, 0.29) is 5.41 Å². The molecule has 0 saturated carbocycles. The monoisotopic (exact) mass is 237 g/mol. The molecule has 1 nitrogen and oxygen atoms in total. The van der Waals surface area contributed by atoms with Crippen molar-refractivity contribution in [1.29, 1.82) is 0 Å². The average Bonchev–Trinajstić information content (AvgIpc) is 2.30. The summed E-state index contributed by atoms with van der Waals surface area (Å²) in [6, 6.07) is 0. The van der Waals surface area contributed by atoms with Gasteiger partial charge in [-0.05, 0) is 25.7 Å². The molecule has 1 heteroatoms. The Morgan fingerprint density at radius 2 is 1.76 bits per heavy atom. The first-order chi connectivity index (χ1) is 8.16. The molecule has 0 spiro atoms. The molecule has 0 fully saturated rings. The lowest BCUT2D eigenvalue weighted by Gasteiger charge is -2.36. The topological polar surface area (TPSA) is 20.2 Å². The Morgan fingerprint density at radius 3 is 2.24 bits per heavy atom. The van der Waals surface area contributed by atoms with Gasteiger partial charge in [0.25, 0.3) is 0 Å². The van der Waals surface area contributed by atoms with Gasteiger partial charge in [0.15, 0.2) is 0 Å². The molecule has 1 atom stereocenters. The van der Waals surface area contributed by atoms with Gasteiger partial charge in [-0.3, -0.25) is 0 Å². The second-order valence-electron chi connectivity index (χ2n) is 4.92. The van der Waals surface area contributed by atoms with Crippen LogP contribution in [0.25, 0.3) is 0 Å². The zero-order chi connectivity index (χ0) is 13.1. The molecule has 0 aromatic carbocycles. The minimum atomic E-state index is -0.0557. The van der Waals surface area contributed by atoms with Crippen LogP contribution in [0.2, 0.25) is 0 Å². The molecule has 0 amide bonds. The maximum atomic E-state index is 10.3. The lowest BCUT2D eigenvalue weighted by atomic mass is 9.70.